The number of benzene rings is 1. The lowest BCUT2D eigenvalue weighted by molar-refractivity contribution is 0.190. The van der Waals surface area contributed by atoms with Crippen LogP contribution in [-0.2, 0) is 5.75 Å². The molecule has 0 radical (unpaired) electrons. The second-order valence-corrected chi connectivity index (χ2v) is 12.6. The minimum Gasteiger partial charge on any atom is -0.274 e. The molecule has 0 N–H and O–H groups in total. The third-order valence-electron chi connectivity index (χ3n) is 7.80. The van der Waals surface area contributed by atoms with Gasteiger partial charge in [-0.15, -0.1) is 0 Å². The van der Waals surface area contributed by atoms with Crippen molar-refractivity contribution >= 4 is 33.5 Å². The molecule has 4 rings (SSSR count). The topological polar surface area (TPSA) is 42.9 Å². The maximum Gasteiger partial charge on any atom is 0.246 e. The number of carbonyl (C=O) groups is 1. The zero-order valence-electron chi connectivity index (χ0n) is 21.4. The van der Waals surface area contributed by atoms with E-state index in [0.717, 1.165) is 46.9 Å². The molecule has 1 fully saturated rings. The van der Waals surface area contributed by atoms with Gasteiger partial charge in [-0.2, -0.15) is 0 Å². The minimum absolute atomic E-state index is 0.189. The summed E-state index contributed by atoms with van der Waals surface area (Å²) in [6.45, 7) is 4.33. The quantitative estimate of drug-likeness (QED) is 0.355. The first-order valence-electron chi connectivity index (χ1n) is 13.6. The van der Waals surface area contributed by atoms with E-state index in [1.807, 2.05) is 19.3 Å². The van der Waals surface area contributed by atoms with Gasteiger partial charge in [0.1, 0.15) is 0 Å². The highest BCUT2D eigenvalue weighted by atomic mass is 32.2. The SMILES string of the molecule is CCCC1CCC(C2CC=C(c3cnc(-c4ccc(CSC(=O)SCC)cc4)nc3)CCC2)CC1. The van der Waals surface area contributed by atoms with E-state index < -0.39 is 0 Å². The first-order chi connectivity index (χ1) is 17.2. The summed E-state index contributed by atoms with van der Waals surface area (Å²) in [6, 6.07) is 8.28. The number of nitrogens with zero attached hydrogens (tertiary/aromatic N) is 2. The van der Waals surface area contributed by atoms with E-state index in [1.54, 1.807) is 0 Å². The lowest BCUT2D eigenvalue weighted by Crippen LogP contribution is -2.21. The Labute approximate surface area is 220 Å². The largest absolute Gasteiger partial charge is 0.274 e. The second-order valence-electron chi connectivity index (χ2n) is 10.2. The van der Waals surface area contributed by atoms with Crippen molar-refractivity contribution in [1.29, 1.82) is 0 Å². The maximum atomic E-state index is 11.7. The first-order valence-corrected chi connectivity index (χ1v) is 15.5. The number of aromatic nitrogens is 2. The molecule has 1 saturated carbocycles. The lowest BCUT2D eigenvalue weighted by Gasteiger charge is -2.33. The Bertz CT molecular complexity index is 963. The van der Waals surface area contributed by atoms with E-state index in [1.165, 1.54) is 92.4 Å². The molecular formula is C30H40N2OS2. The van der Waals surface area contributed by atoms with Gasteiger partial charge in [-0.25, -0.2) is 9.97 Å². The maximum absolute atomic E-state index is 11.7. The zero-order chi connectivity index (χ0) is 24.5. The third-order valence-corrected chi connectivity index (χ3v) is 9.74. The van der Waals surface area contributed by atoms with Crippen LogP contribution in [0.15, 0.2) is 42.7 Å². The highest BCUT2D eigenvalue weighted by Gasteiger charge is 2.27. The van der Waals surface area contributed by atoms with Crippen LogP contribution in [0.4, 0.5) is 4.79 Å². The summed E-state index contributed by atoms with van der Waals surface area (Å²) in [5.41, 5.74) is 4.78. The van der Waals surface area contributed by atoms with Crippen molar-refractivity contribution in [2.24, 2.45) is 17.8 Å². The number of carbonyl (C=O) groups excluding carboxylic acids is 1. The molecule has 0 bridgehead atoms. The van der Waals surface area contributed by atoms with E-state index in [0.29, 0.717) is 5.75 Å². The van der Waals surface area contributed by atoms with Crippen molar-refractivity contribution in [2.45, 2.75) is 83.8 Å². The fourth-order valence-electron chi connectivity index (χ4n) is 5.81. The molecule has 2 aromatic rings. The van der Waals surface area contributed by atoms with Crippen molar-refractivity contribution in [3.8, 4) is 11.4 Å². The Hall–Kier alpha value is -1.59. The standard InChI is InChI=1S/C30H40N2OS2/c1-3-6-22-9-13-26(14-10-22)24-7-5-8-25(18-17-24)28-19-31-29(32-20-28)27-15-11-23(12-16-27)21-35-30(33)34-4-2/h11-12,15-16,18-20,22,24,26H,3-10,13-14,17,21H2,1-2H3. The summed E-state index contributed by atoms with van der Waals surface area (Å²) in [4.78, 5) is 21.1. The molecule has 1 heterocycles. The van der Waals surface area contributed by atoms with Gasteiger partial charge in [0.15, 0.2) is 5.82 Å². The van der Waals surface area contributed by atoms with Crippen LogP contribution in [0.5, 0.6) is 0 Å². The van der Waals surface area contributed by atoms with Crippen LogP contribution in [-0.4, -0.2) is 20.2 Å². The molecule has 1 atom stereocenters. The van der Waals surface area contributed by atoms with Crippen LogP contribution in [0.25, 0.3) is 17.0 Å². The minimum atomic E-state index is 0.189. The van der Waals surface area contributed by atoms with Gasteiger partial charge in [-0.05, 0) is 73.2 Å². The molecular weight excluding hydrogens is 468 g/mol. The third kappa shape index (κ3) is 7.69. The molecule has 1 unspecified atom stereocenters. The van der Waals surface area contributed by atoms with Crippen molar-refractivity contribution in [3.05, 3.63) is 53.9 Å². The molecule has 1 aromatic carbocycles. The molecule has 3 nitrogen and oxygen atoms in total. The predicted molar refractivity (Wildman–Crippen MR) is 153 cm³/mol. The van der Waals surface area contributed by atoms with Crippen LogP contribution in [0.2, 0.25) is 0 Å². The first kappa shape index (κ1) is 26.5. The molecule has 2 aliphatic carbocycles. The molecule has 0 amide bonds. The molecule has 5 heteroatoms. The van der Waals surface area contributed by atoms with Gasteiger partial charge in [0.05, 0.1) is 0 Å². The predicted octanol–water partition coefficient (Wildman–Crippen LogP) is 9.43. The van der Waals surface area contributed by atoms with Gasteiger partial charge in [0.25, 0.3) is 0 Å². The molecule has 0 aliphatic heterocycles. The lowest BCUT2D eigenvalue weighted by atomic mass is 9.73. The summed E-state index contributed by atoms with van der Waals surface area (Å²) < 4.78 is 0.189. The fraction of sp³-hybridized carbons (Fsp3) is 0.567. The Morgan fingerprint density at radius 1 is 0.914 bits per heavy atom. The van der Waals surface area contributed by atoms with Gasteiger partial charge in [0.2, 0.25) is 4.45 Å². The van der Waals surface area contributed by atoms with Crippen LogP contribution >= 0.6 is 23.5 Å². The van der Waals surface area contributed by atoms with Crippen molar-refractivity contribution in [3.63, 3.8) is 0 Å². The van der Waals surface area contributed by atoms with Crippen LogP contribution in [0.3, 0.4) is 0 Å². The van der Waals surface area contributed by atoms with Gasteiger partial charge in [0, 0.05) is 29.3 Å². The summed E-state index contributed by atoms with van der Waals surface area (Å²) >= 11 is 2.75. The summed E-state index contributed by atoms with van der Waals surface area (Å²) in [5, 5.41) is 0. The number of hydrogen-bond donors (Lipinski definition) is 0. The van der Waals surface area contributed by atoms with E-state index in [-0.39, 0.29) is 4.45 Å². The van der Waals surface area contributed by atoms with Gasteiger partial charge in [-0.1, -0.05) is 93.4 Å². The fourth-order valence-corrected chi connectivity index (χ4v) is 7.39. The second kappa shape index (κ2) is 13.6. The van der Waals surface area contributed by atoms with Crippen LogP contribution in [0, 0.1) is 17.8 Å². The Morgan fingerprint density at radius 3 is 2.34 bits per heavy atom. The smallest absolute Gasteiger partial charge is 0.246 e. The molecule has 0 spiro atoms. The van der Waals surface area contributed by atoms with Crippen molar-refractivity contribution < 1.29 is 4.79 Å². The van der Waals surface area contributed by atoms with Crippen LogP contribution < -0.4 is 0 Å². The van der Waals surface area contributed by atoms with Gasteiger partial charge < -0.3 is 0 Å². The van der Waals surface area contributed by atoms with E-state index in [2.05, 4.69) is 37.3 Å². The molecule has 0 saturated heterocycles. The number of hydrogen-bond acceptors (Lipinski definition) is 5. The monoisotopic (exact) mass is 508 g/mol. The summed E-state index contributed by atoms with van der Waals surface area (Å²) in [7, 11) is 0. The summed E-state index contributed by atoms with van der Waals surface area (Å²) in [5.74, 6) is 5.09. The average molecular weight is 509 g/mol. The molecule has 1 aromatic heterocycles. The normalized spacial score (nSPS) is 22.9. The Kier molecular flexibility index (Phi) is 10.3. The van der Waals surface area contributed by atoms with E-state index in [4.69, 9.17) is 9.97 Å². The Balaban J connectivity index is 1.32. The zero-order valence-corrected chi connectivity index (χ0v) is 23.0. The highest BCUT2D eigenvalue weighted by molar-refractivity contribution is 8.38. The number of rotatable bonds is 8. The summed E-state index contributed by atoms with van der Waals surface area (Å²) in [6.07, 6.45) is 20.1. The van der Waals surface area contributed by atoms with E-state index >= 15 is 0 Å². The Morgan fingerprint density at radius 2 is 1.66 bits per heavy atom. The van der Waals surface area contributed by atoms with Crippen molar-refractivity contribution in [1.82, 2.24) is 9.97 Å². The highest BCUT2D eigenvalue weighted by Crippen LogP contribution is 2.41. The van der Waals surface area contributed by atoms with E-state index in [9.17, 15) is 4.79 Å². The number of thioether (sulfide) groups is 2. The average Bonchev–Trinajstić information content (AvgIpc) is 3.15. The molecule has 2 aliphatic rings. The van der Waals surface area contributed by atoms with Crippen LogP contribution in [0.1, 0.15) is 89.2 Å². The number of allylic oxidation sites excluding steroid dienone is 2. The van der Waals surface area contributed by atoms with Gasteiger partial charge >= 0.3 is 0 Å². The molecule has 35 heavy (non-hydrogen) atoms. The van der Waals surface area contributed by atoms with Gasteiger partial charge in [-0.3, -0.25) is 4.79 Å². The molecule has 188 valence electrons. The van der Waals surface area contributed by atoms with Crippen molar-refractivity contribution in [2.75, 3.05) is 5.75 Å².